The Morgan fingerprint density at radius 3 is 2.81 bits per heavy atom. The van der Waals surface area contributed by atoms with Crippen LogP contribution in [0.3, 0.4) is 0 Å². The molecule has 1 atom stereocenters. The Bertz CT molecular complexity index is 634. The molecule has 2 fully saturated rings. The number of rotatable bonds is 5. The summed E-state index contributed by atoms with van der Waals surface area (Å²) in [5.41, 5.74) is 0.491. The van der Waals surface area contributed by atoms with Crippen LogP contribution in [0, 0.1) is 5.82 Å². The van der Waals surface area contributed by atoms with E-state index in [0.29, 0.717) is 25.2 Å². The van der Waals surface area contributed by atoms with E-state index in [1.807, 2.05) is 0 Å². The second-order valence-corrected chi connectivity index (χ2v) is 6.93. The van der Waals surface area contributed by atoms with Crippen LogP contribution in [-0.4, -0.2) is 61.0 Å². The highest BCUT2D eigenvalue weighted by Crippen LogP contribution is 2.24. The first-order valence-electron chi connectivity index (χ1n) is 9.45. The Morgan fingerprint density at radius 1 is 1.23 bits per heavy atom. The third-order valence-electron chi connectivity index (χ3n) is 5.01. The number of likely N-dealkylation sites (tertiary alicyclic amines) is 1. The molecule has 0 saturated carbocycles. The van der Waals surface area contributed by atoms with Crippen LogP contribution >= 0.6 is 0 Å². The Kier molecular flexibility index (Phi) is 6.44. The number of hydrogen-bond donors (Lipinski definition) is 2. The molecule has 0 radical (unpaired) electrons. The molecule has 2 aliphatic rings. The smallest absolute Gasteiger partial charge is 0.318 e. The van der Waals surface area contributed by atoms with E-state index in [-0.39, 0.29) is 11.9 Å². The van der Waals surface area contributed by atoms with Crippen molar-refractivity contribution in [3.05, 3.63) is 35.6 Å². The summed E-state index contributed by atoms with van der Waals surface area (Å²) in [5, 5.41) is 5.67. The van der Waals surface area contributed by atoms with Crippen LogP contribution in [0.25, 0.3) is 0 Å². The predicted molar refractivity (Wildman–Crippen MR) is 97.2 cm³/mol. The van der Waals surface area contributed by atoms with E-state index in [4.69, 9.17) is 0 Å². The van der Waals surface area contributed by atoms with Crippen molar-refractivity contribution in [1.29, 1.82) is 0 Å². The minimum atomic E-state index is -0.790. The lowest BCUT2D eigenvalue weighted by atomic mass is 10.0. The summed E-state index contributed by atoms with van der Waals surface area (Å²) in [4.78, 5) is 28.8. The van der Waals surface area contributed by atoms with Crippen molar-refractivity contribution >= 4 is 11.9 Å². The van der Waals surface area contributed by atoms with Gasteiger partial charge >= 0.3 is 6.03 Å². The summed E-state index contributed by atoms with van der Waals surface area (Å²) in [6.07, 6.45) is 4.71. The molecule has 0 aromatic heterocycles. The number of urea groups is 1. The van der Waals surface area contributed by atoms with Gasteiger partial charge in [-0.25, -0.2) is 9.18 Å². The molecule has 1 aromatic carbocycles. The van der Waals surface area contributed by atoms with Gasteiger partial charge in [-0.15, -0.1) is 0 Å². The number of carbonyl (C=O) groups is 2. The molecule has 2 heterocycles. The molecule has 0 unspecified atom stereocenters. The lowest BCUT2D eigenvalue weighted by molar-refractivity contribution is -0.127. The predicted octanol–water partition coefficient (Wildman–Crippen LogP) is 1.88. The van der Waals surface area contributed by atoms with Crippen molar-refractivity contribution < 1.29 is 14.0 Å². The Morgan fingerprint density at radius 2 is 2.04 bits per heavy atom. The van der Waals surface area contributed by atoms with Crippen LogP contribution in [0.5, 0.6) is 0 Å². The molecule has 1 aromatic rings. The summed E-state index contributed by atoms with van der Waals surface area (Å²) >= 11 is 0. The maximum atomic E-state index is 13.5. The van der Waals surface area contributed by atoms with Crippen LogP contribution in [0.15, 0.2) is 24.3 Å². The van der Waals surface area contributed by atoms with Crippen molar-refractivity contribution in [2.75, 3.05) is 39.3 Å². The van der Waals surface area contributed by atoms with Crippen LogP contribution in [0.1, 0.15) is 37.3 Å². The monoisotopic (exact) mass is 362 g/mol. The average Bonchev–Trinajstić information content (AvgIpc) is 2.65. The van der Waals surface area contributed by atoms with E-state index in [1.54, 1.807) is 12.1 Å². The van der Waals surface area contributed by atoms with Crippen molar-refractivity contribution in [2.24, 2.45) is 0 Å². The van der Waals surface area contributed by atoms with Gasteiger partial charge in [0, 0.05) is 19.6 Å². The van der Waals surface area contributed by atoms with E-state index in [2.05, 4.69) is 15.5 Å². The molecule has 2 N–H and O–H groups in total. The second-order valence-electron chi connectivity index (χ2n) is 6.93. The topological polar surface area (TPSA) is 64.7 Å². The van der Waals surface area contributed by atoms with Crippen LogP contribution in [0.4, 0.5) is 9.18 Å². The number of amides is 3. The summed E-state index contributed by atoms with van der Waals surface area (Å²) < 4.78 is 13.5. The molecule has 0 aliphatic carbocycles. The van der Waals surface area contributed by atoms with Crippen molar-refractivity contribution in [3.8, 4) is 0 Å². The van der Waals surface area contributed by atoms with Gasteiger partial charge in [-0.2, -0.15) is 0 Å². The maximum absolute atomic E-state index is 13.5. The molecule has 7 heteroatoms. The minimum absolute atomic E-state index is 0.271. The standard InChI is InChI=1S/C19H27FN4O2/c20-16-7-4-6-15(14-16)17-18(25)21-9-13-24(17)19(26)22-8-5-12-23-10-2-1-3-11-23/h4,6-7,14,17H,1-3,5,8-13H2,(H,21,25)(H,22,26)/t17-/m0/s1. The van der Waals surface area contributed by atoms with Crippen molar-refractivity contribution in [3.63, 3.8) is 0 Å². The molecule has 3 rings (SSSR count). The number of piperidine rings is 1. The zero-order chi connectivity index (χ0) is 18.4. The fourth-order valence-corrected chi connectivity index (χ4v) is 3.68. The van der Waals surface area contributed by atoms with E-state index >= 15 is 0 Å². The third kappa shape index (κ3) is 4.72. The number of halogens is 1. The average molecular weight is 362 g/mol. The van der Waals surface area contributed by atoms with E-state index in [9.17, 15) is 14.0 Å². The molecular formula is C19H27FN4O2. The highest BCUT2D eigenvalue weighted by Gasteiger charge is 2.34. The van der Waals surface area contributed by atoms with E-state index < -0.39 is 11.9 Å². The van der Waals surface area contributed by atoms with Crippen molar-refractivity contribution in [1.82, 2.24) is 20.4 Å². The first-order chi connectivity index (χ1) is 12.6. The van der Waals surface area contributed by atoms with E-state index in [1.165, 1.54) is 36.3 Å². The van der Waals surface area contributed by atoms with Gasteiger partial charge in [-0.3, -0.25) is 4.79 Å². The molecule has 26 heavy (non-hydrogen) atoms. The first-order valence-corrected chi connectivity index (χ1v) is 9.45. The third-order valence-corrected chi connectivity index (χ3v) is 5.01. The zero-order valence-corrected chi connectivity index (χ0v) is 15.0. The van der Waals surface area contributed by atoms with Crippen LogP contribution in [0.2, 0.25) is 0 Å². The molecule has 6 nitrogen and oxygen atoms in total. The SMILES string of the molecule is O=C1NCCN(C(=O)NCCCN2CCCCC2)[C@H]1c1cccc(F)c1. The highest BCUT2D eigenvalue weighted by atomic mass is 19.1. The van der Waals surface area contributed by atoms with Crippen LogP contribution in [-0.2, 0) is 4.79 Å². The number of nitrogens with zero attached hydrogens (tertiary/aromatic N) is 2. The molecule has 3 amide bonds. The van der Waals surface area contributed by atoms with Gasteiger partial charge in [0.2, 0.25) is 5.91 Å². The number of hydrogen-bond acceptors (Lipinski definition) is 3. The summed E-state index contributed by atoms with van der Waals surface area (Å²) in [7, 11) is 0. The van der Waals surface area contributed by atoms with Crippen LogP contribution < -0.4 is 10.6 Å². The van der Waals surface area contributed by atoms with Gasteiger partial charge < -0.3 is 20.4 Å². The zero-order valence-electron chi connectivity index (χ0n) is 15.0. The van der Waals surface area contributed by atoms with Crippen molar-refractivity contribution in [2.45, 2.75) is 31.7 Å². The minimum Gasteiger partial charge on any atom is -0.352 e. The quantitative estimate of drug-likeness (QED) is 0.786. The number of piperazine rings is 1. The van der Waals surface area contributed by atoms with Gasteiger partial charge in [-0.1, -0.05) is 18.6 Å². The largest absolute Gasteiger partial charge is 0.352 e. The normalized spacial score (nSPS) is 21.3. The number of benzene rings is 1. The van der Waals surface area contributed by atoms with Gasteiger partial charge in [0.25, 0.3) is 0 Å². The maximum Gasteiger partial charge on any atom is 0.318 e. The lowest BCUT2D eigenvalue weighted by Gasteiger charge is -2.35. The number of nitrogens with one attached hydrogen (secondary N) is 2. The fourth-order valence-electron chi connectivity index (χ4n) is 3.68. The second kappa shape index (κ2) is 8.98. The highest BCUT2D eigenvalue weighted by molar-refractivity contribution is 5.89. The summed E-state index contributed by atoms with van der Waals surface area (Å²) in [6.45, 7) is 4.65. The Hall–Kier alpha value is -2.15. The number of carbonyl (C=O) groups excluding carboxylic acids is 2. The molecule has 2 aliphatic heterocycles. The molecular weight excluding hydrogens is 335 g/mol. The molecule has 142 valence electrons. The van der Waals surface area contributed by atoms with Gasteiger partial charge in [0.15, 0.2) is 0 Å². The summed E-state index contributed by atoms with van der Waals surface area (Å²) in [6, 6.07) is 4.81. The fraction of sp³-hybridized carbons (Fsp3) is 0.579. The molecule has 0 spiro atoms. The van der Waals surface area contributed by atoms with Gasteiger partial charge in [0.1, 0.15) is 11.9 Å². The Balaban J connectivity index is 1.54. The van der Waals surface area contributed by atoms with E-state index in [0.717, 1.165) is 26.1 Å². The first kappa shape index (κ1) is 18.6. The van der Waals surface area contributed by atoms with Gasteiger partial charge in [-0.05, 0) is 56.6 Å². The lowest BCUT2D eigenvalue weighted by Crippen LogP contribution is -2.55. The molecule has 2 saturated heterocycles. The Labute approximate surface area is 153 Å². The molecule has 0 bridgehead atoms. The van der Waals surface area contributed by atoms with Gasteiger partial charge in [0.05, 0.1) is 0 Å². The summed E-state index contributed by atoms with van der Waals surface area (Å²) in [5.74, 6) is -0.687.